The van der Waals surface area contributed by atoms with Gasteiger partial charge in [0.05, 0.1) is 18.0 Å². The van der Waals surface area contributed by atoms with Gasteiger partial charge in [-0.15, -0.1) is 0 Å². The van der Waals surface area contributed by atoms with Crippen molar-refractivity contribution < 1.29 is 17.8 Å². The second-order valence-electron chi connectivity index (χ2n) is 9.46. The van der Waals surface area contributed by atoms with Crippen molar-refractivity contribution in [2.45, 2.75) is 6.92 Å². The molecule has 0 atom stereocenters. The summed E-state index contributed by atoms with van der Waals surface area (Å²) in [4.78, 5) is 3.78. The summed E-state index contributed by atoms with van der Waals surface area (Å²) in [5.74, 6) is -0.672. The molecule has 4 nitrogen and oxygen atoms in total. The molecular formula is C32H22F2N3O+. The number of hydrogen-bond donors (Lipinski definition) is 0. The minimum absolute atomic E-state index is 0.0478. The van der Waals surface area contributed by atoms with Gasteiger partial charge in [0.1, 0.15) is 17.1 Å². The van der Waals surface area contributed by atoms with E-state index in [4.69, 9.17) is 4.42 Å². The SMILES string of the molecule is Cc1cc2oc3nc(F)cc(F)c3c2cc1-c1n(-c2ccccc2-c2ccccc2)c2ccccc2[n+]1C. The van der Waals surface area contributed by atoms with Crippen LogP contribution < -0.4 is 4.57 Å². The van der Waals surface area contributed by atoms with Crippen LogP contribution in [0.15, 0.2) is 101 Å². The first-order valence-corrected chi connectivity index (χ1v) is 12.3. The van der Waals surface area contributed by atoms with Gasteiger partial charge in [-0.05, 0) is 48.4 Å². The summed E-state index contributed by atoms with van der Waals surface area (Å²) >= 11 is 0. The third-order valence-corrected chi connectivity index (χ3v) is 7.19. The number of pyridine rings is 1. The van der Waals surface area contributed by atoms with Crippen molar-refractivity contribution in [2.75, 3.05) is 0 Å². The molecule has 0 aliphatic rings. The lowest BCUT2D eigenvalue weighted by Gasteiger charge is -2.11. The van der Waals surface area contributed by atoms with Crippen LogP contribution in [-0.4, -0.2) is 9.55 Å². The summed E-state index contributed by atoms with van der Waals surface area (Å²) in [7, 11) is 2.04. The van der Waals surface area contributed by atoms with Crippen LogP contribution in [0.5, 0.6) is 0 Å². The monoisotopic (exact) mass is 502 g/mol. The molecule has 3 aromatic heterocycles. The Bertz CT molecular complexity index is 2020. The van der Waals surface area contributed by atoms with E-state index in [1.54, 1.807) is 0 Å². The number of hydrogen-bond acceptors (Lipinski definition) is 2. The van der Waals surface area contributed by atoms with Crippen LogP contribution in [0.25, 0.3) is 61.3 Å². The standard InChI is InChI=1S/C32H22F2N3O/c1-19-16-28-23(30-24(33)18-29(34)35-31(30)38-28)17-22(19)32-36(2)26-14-8-9-15-27(26)37(32)25-13-7-6-12-21(25)20-10-4-3-5-11-20/h3-18H,1-2H3/q+1. The third-order valence-electron chi connectivity index (χ3n) is 7.19. The fourth-order valence-corrected chi connectivity index (χ4v) is 5.48. The number of aryl methyl sites for hydroxylation is 2. The van der Waals surface area contributed by atoms with Crippen molar-refractivity contribution in [2.24, 2.45) is 7.05 Å². The average Bonchev–Trinajstić information content (AvgIpc) is 3.42. The second kappa shape index (κ2) is 8.35. The zero-order valence-electron chi connectivity index (χ0n) is 20.7. The van der Waals surface area contributed by atoms with E-state index in [1.165, 1.54) is 0 Å². The first kappa shape index (κ1) is 22.4. The number of imidazole rings is 1. The lowest BCUT2D eigenvalue weighted by atomic mass is 10.0. The highest BCUT2D eigenvalue weighted by Gasteiger charge is 2.29. The van der Waals surface area contributed by atoms with Gasteiger partial charge in [-0.25, -0.2) is 8.96 Å². The van der Waals surface area contributed by atoms with Crippen LogP contribution in [0.1, 0.15) is 5.56 Å². The Kier molecular flexibility index (Phi) is 4.91. The zero-order valence-corrected chi connectivity index (χ0v) is 20.7. The minimum atomic E-state index is -0.907. The van der Waals surface area contributed by atoms with Gasteiger partial charge in [0.15, 0.2) is 11.0 Å². The van der Waals surface area contributed by atoms with E-state index in [9.17, 15) is 8.78 Å². The van der Waals surface area contributed by atoms with E-state index in [2.05, 4.69) is 50.5 Å². The lowest BCUT2D eigenvalue weighted by molar-refractivity contribution is -0.633. The summed E-state index contributed by atoms with van der Waals surface area (Å²) < 4.78 is 38.9. The van der Waals surface area contributed by atoms with Crippen molar-refractivity contribution in [3.8, 4) is 28.2 Å². The van der Waals surface area contributed by atoms with E-state index in [1.807, 2.05) is 68.6 Å². The Balaban J connectivity index is 1.59. The number of halogens is 2. The third kappa shape index (κ3) is 3.27. The van der Waals surface area contributed by atoms with E-state index in [0.717, 1.165) is 50.9 Å². The minimum Gasteiger partial charge on any atom is -0.437 e. The molecule has 6 heteroatoms. The van der Waals surface area contributed by atoms with Gasteiger partial charge >= 0.3 is 0 Å². The van der Waals surface area contributed by atoms with Crippen molar-refractivity contribution in [3.05, 3.63) is 114 Å². The zero-order chi connectivity index (χ0) is 26.0. The highest BCUT2D eigenvalue weighted by Crippen LogP contribution is 2.38. The van der Waals surface area contributed by atoms with E-state index >= 15 is 0 Å². The van der Waals surface area contributed by atoms with Gasteiger partial charge in [0, 0.05) is 17.0 Å². The summed E-state index contributed by atoms with van der Waals surface area (Å²) in [5, 5.41) is 0.733. The second-order valence-corrected chi connectivity index (χ2v) is 9.46. The van der Waals surface area contributed by atoms with E-state index in [0.29, 0.717) is 11.0 Å². The van der Waals surface area contributed by atoms with Crippen molar-refractivity contribution in [1.29, 1.82) is 0 Å². The van der Waals surface area contributed by atoms with Crippen LogP contribution >= 0.6 is 0 Å². The number of furan rings is 1. The molecule has 0 amide bonds. The molecule has 0 fully saturated rings. The maximum Gasteiger partial charge on any atom is 0.295 e. The van der Waals surface area contributed by atoms with Crippen LogP contribution in [0, 0.1) is 18.7 Å². The highest BCUT2D eigenvalue weighted by atomic mass is 19.1. The van der Waals surface area contributed by atoms with Gasteiger partial charge in [0.2, 0.25) is 11.7 Å². The van der Waals surface area contributed by atoms with Gasteiger partial charge in [-0.3, -0.25) is 0 Å². The predicted octanol–water partition coefficient (Wildman–Crippen LogP) is 7.67. The molecule has 0 unspecified atom stereocenters. The van der Waals surface area contributed by atoms with Crippen LogP contribution in [0.2, 0.25) is 0 Å². The Morgan fingerprint density at radius 3 is 2.39 bits per heavy atom. The van der Waals surface area contributed by atoms with Gasteiger partial charge in [0.25, 0.3) is 5.82 Å². The average molecular weight is 503 g/mol. The van der Waals surface area contributed by atoms with Crippen LogP contribution in [-0.2, 0) is 7.05 Å². The topological polar surface area (TPSA) is 34.8 Å². The molecule has 7 rings (SSSR count). The Morgan fingerprint density at radius 2 is 1.55 bits per heavy atom. The maximum atomic E-state index is 14.9. The molecule has 0 saturated heterocycles. The molecular weight excluding hydrogens is 480 g/mol. The number of fused-ring (bicyclic) bond motifs is 4. The van der Waals surface area contributed by atoms with Crippen LogP contribution in [0.4, 0.5) is 8.78 Å². The Labute approximate surface area is 217 Å². The van der Waals surface area contributed by atoms with Gasteiger partial charge in [-0.2, -0.15) is 13.9 Å². The van der Waals surface area contributed by atoms with Crippen molar-refractivity contribution in [1.82, 2.24) is 9.55 Å². The highest BCUT2D eigenvalue weighted by molar-refractivity contribution is 6.05. The van der Waals surface area contributed by atoms with E-state index < -0.39 is 11.8 Å². The molecule has 38 heavy (non-hydrogen) atoms. The summed E-state index contributed by atoms with van der Waals surface area (Å²) in [6.45, 7) is 2.00. The van der Waals surface area contributed by atoms with Crippen molar-refractivity contribution in [3.63, 3.8) is 0 Å². The molecule has 7 aromatic rings. The van der Waals surface area contributed by atoms with Crippen LogP contribution in [0.3, 0.4) is 0 Å². The first-order chi connectivity index (χ1) is 18.5. The summed E-state index contributed by atoms with van der Waals surface area (Å²) in [6.07, 6.45) is 0. The van der Waals surface area contributed by atoms with Gasteiger partial charge in [-0.1, -0.05) is 60.7 Å². The normalized spacial score (nSPS) is 11.7. The Hall–Kier alpha value is -4.84. The molecule has 0 aliphatic carbocycles. The fourth-order valence-electron chi connectivity index (χ4n) is 5.48. The molecule has 4 aromatic carbocycles. The first-order valence-electron chi connectivity index (χ1n) is 12.3. The lowest BCUT2D eigenvalue weighted by Crippen LogP contribution is -2.30. The van der Waals surface area contributed by atoms with E-state index in [-0.39, 0.29) is 11.1 Å². The predicted molar refractivity (Wildman–Crippen MR) is 145 cm³/mol. The molecule has 0 N–H and O–H groups in total. The molecule has 0 spiro atoms. The molecule has 0 radical (unpaired) electrons. The molecule has 3 heterocycles. The number of nitrogens with zero attached hydrogens (tertiary/aromatic N) is 3. The molecule has 0 bridgehead atoms. The fraction of sp³-hybridized carbons (Fsp3) is 0.0625. The van der Waals surface area contributed by atoms with Crippen molar-refractivity contribution >= 4 is 33.1 Å². The quantitative estimate of drug-likeness (QED) is 0.184. The number of aromatic nitrogens is 3. The smallest absolute Gasteiger partial charge is 0.295 e. The summed E-state index contributed by atoms with van der Waals surface area (Å²) in [5.41, 5.74) is 7.58. The maximum absolute atomic E-state index is 14.9. The number of rotatable bonds is 3. The number of benzene rings is 4. The molecule has 0 aliphatic heterocycles. The number of para-hydroxylation sites is 3. The van der Waals surface area contributed by atoms with Gasteiger partial charge < -0.3 is 4.42 Å². The molecule has 184 valence electrons. The largest absolute Gasteiger partial charge is 0.437 e. The Morgan fingerprint density at radius 1 is 0.816 bits per heavy atom. The summed E-state index contributed by atoms with van der Waals surface area (Å²) in [6, 6.07) is 31.5. The molecule has 0 saturated carbocycles.